The first-order chi connectivity index (χ1) is 13.6. The Labute approximate surface area is 166 Å². The number of aryl methyl sites for hydroxylation is 1. The number of nitrogens with one attached hydrogen (secondary N) is 2. The van der Waals surface area contributed by atoms with E-state index in [2.05, 4.69) is 28.2 Å². The molecule has 28 heavy (non-hydrogen) atoms. The van der Waals surface area contributed by atoms with Crippen LogP contribution in [0.4, 0.5) is 10.5 Å². The minimum Gasteiger partial charge on any atom is -0.442 e. The van der Waals surface area contributed by atoms with Crippen molar-refractivity contribution >= 4 is 11.7 Å². The first-order valence-corrected chi connectivity index (χ1v) is 9.53. The second-order valence-corrected chi connectivity index (χ2v) is 6.84. The maximum absolute atomic E-state index is 12.4. The lowest BCUT2D eigenvalue weighted by Gasteiger charge is -2.36. The lowest BCUT2D eigenvalue weighted by Crippen LogP contribution is -2.51. The molecule has 0 radical (unpaired) electrons. The van der Waals surface area contributed by atoms with Crippen LogP contribution in [0.25, 0.3) is 0 Å². The molecule has 0 aromatic heterocycles. The van der Waals surface area contributed by atoms with Gasteiger partial charge in [0.2, 0.25) is 0 Å². The highest BCUT2D eigenvalue weighted by Crippen LogP contribution is 2.27. The summed E-state index contributed by atoms with van der Waals surface area (Å²) in [5.74, 6) is 1.31. The third-order valence-electron chi connectivity index (χ3n) is 4.90. The summed E-state index contributed by atoms with van der Waals surface area (Å²) >= 11 is 0. The van der Waals surface area contributed by atoms with Crippen LogP contribution in [0.15, 0.2) is 61.0 Å². The molecule has 0 spiro atoms. The maximum Gasteiger partial charge on any atom is 0.317 e. The minimum absolute atomic E-state index is 0.0123. The van der Waals surface area contributed by atoms with Crippen LogP contribution in [-0.2, 0) is 6.54 Å². The Balaban J connectivity index is 1.54. The summed E-state index contributed by atoms with van der Waals surface area (Å²) < 4.78 is 5.75. The molecular weight excluding hydrogens is 352 g/mol. The van der Waals surface area contributed by atoms with E-state index in [4.69, 9.17) is 4.74 Å². The van der Waals surface area contributed by atoms with Crippen molar-refractivity contribution in [2.75, 3.05) is 38.1 Å². The SMILES string of the molecule is C=C(NC)Oc1cc(N2CCN(C(=O)NCc3ccccc3)CC2)ccc1C. The average Bonchev–Trinajstić information content (AvgIpc) is 2.74. The number of hydrogen-bond acceptors (Lipinski definition) is 4. The quantitative estimate of drug-likeness (QED) is 0.756. The van der Waals surface area contributed by atoms with Crippen molar-refractivity contribution in [3.05, 3.63) is 72.1 Å². The van der Waals surface area contributed by atoms with Gasteiger partial charge in [-0.05, 0) is 30.7 Å². The molecule has 0 atom stereocenters. The molecule has 2 aromatic rings. The number of benzene rings is 2. The topological polar surface area (TPSA) is 56.8 Å². The van der Waals surface area contributed by atoms with E-state index >= 15 is 0 Å². The number of ether oxygens (including phenoxy) is 1. The highest BCUT2D eigenvalue weighted by molar-refractivity contribution is 5.74. The van der Waals surface area contributed by atoms with E-state index in [-0.39, 0.29) is 6.03 Å². The minimum atomic E-state index is -0.0123. The molecule has 0 saturated carbocycles. The summed E-state index contributed by atoms with van der Waals surface area (Å²) in [6.45, 7) is 9.33. The molecule has 3 rings (SSSR count). The van der Waals surface area contributed by atoms with E-state index in [1.54, 1.807) is 7.05 Å². The first kappa shape index (κ1) is 19.6. The molecule has 0 aliphatic carbocycles. The Morgan fingerprint density at radius 3 is 2.50 bits per heavy atom. The summed E-state index contributed by atoms with van der Waals surface area (Å²) in [6.07, 6.45) is 0. The van der Waals surface area contributed by atoms with Gasteiger partial charge in [-0.3, -0.25) is 0 Å². The highest BCUT2D eigenvalue weighted by atomic mass is 16.5. The zero-order valence-corrected chi connectivity index (χ0v) is 16.6. The fourth-order valence-electron chi connectivity index (χ4n) is 3.13. The lowest BCUT2D eigenvalue weighted by atomic mass is 10.1. The predicted molar refractivity (Wildman–Crippen MR) is 112 cm³/mol. The second kappa shape index (κ2) is 9.17. The number of urea groups is 1. The van der Waals surface area contributed by atoms with Crippen molar-refractivity contribution in [2.45, 2.75) is 13.5 Å². The fraction of sp³-hybridized carbons (Fsp3) is 0.318. The summed E-state index contributed by atoms with van der Waals surface area (Å²) in [5, 5.41) is 5.90. The molecule has 1 aliphatic rings. The van der Waals surface area contributed by atoms with E-state index in [0.29, 0.717) is 25.5 Å². The van der Waals surface area contributed by atoms with Gasteiger partial charge in [-0.2, -0.15) is 0 Å². The van der Waals surface area contributed by atoms with Gasteiger partial charge in [-0.1, -0.05) is 36.4 Å². The normalized spacial score (nSPS) is 13.8. The van der Waals surface area contributed by atoms with Crippen molar-refractivity contribution in [3.63, 3.8) is 0 Å². The van der Waals surface area contributed by atoms with Gasteiger partial charge in [-0.15, -0.1) is 0 Å². The number of anilines is 1. The Morgan fingerprint density at radius 1 is 1.11 bits per heavy atom. The summed E-state index contributed by atoms with van der Waals surface area (Å²) in [7, 11) is 1.78. The van der Waals surface area contributed by atoms with E-state index in [1.165, 1.54) is 0 Å². The standard InChI is InChI=1S/C22H28N4O2/c1-17-9-10-20(15-21(17)28-18(2)23-3)25-11-13-26(14-12-25)22(27)24-16-19-7-5-4-6-8-19/h4-10,15,23H,2,11-14,16H2,1,3H3,(H,24,27). The highest BCUT2D eigenvalue weighted by Gasteiger charge is 2.21. The zero-order valence-electron chi connectivity index (χ0n) is 16.6. The van der Waals surface area contributed by atoms with Crippen LogP contribution in [0, 0.1) is 6.92 Å². The molecule has 1 heterocycles. The van der Waals surface area contributed by atoms with Crippen molar-refractivity contribution in [2.24, 2.45) is 0 Å². The number of nitrogens with zero attached hydrogens (tertiary/aromatic N) is 2. The van der Waals surface area contributed by atoms with Gasteiger partial charge >= 0.3 is 6.03 Å². The van der Waals surface area contributed by atoms with E-state index < -0.39 is 0 Å². The van der Waals surface area contributed by atoms with Crippen molar-refractivity contribution in [3.8, 4) is 5.75 Å². The Bertz CT molecular complexity index is 815. The van der Waals surface area contributed by atoms with Crippen LogP contribution in [0.2, 0.25) is 0 Å². The Morgan fingerprint density at radius 2 is 1.82 bits per heavy atom. The molecule has 6 heteroatoms. The van der Waals surface area contributed by atoms with E-state index in [9.17, 15) is 4.79 Å². The van der Waals surface area contributed by atoms with Gasteiger partial charge in [0.25, 0.3) is 0 Å². The summed E-state index contributed by atoms with van der Waals surface area (Å²) in [6, 6.07) is 16.1. The number of piperazine rings is 1. The number of rotatable bonds is 6. The van der Waals surface area contributed by atoms with Crippen LogP contribution in [-0.4, -0.2) is 44.2 Å². The molecular formula is C22H28N4O2. The van der Waals surface area contributed by atoms with Crippen LogP contribution in [0.5, 0.6) is 5.75 Å². The molecule has 0 unspecified atom stereocenters. The largest absolute Gasteiger partial charge is 0.442 e. The molecule has 148 valence electrons. The van der Waals surface area contributed by atoms with Crippen LogP contribution >= 0.6 is 0 Å². The van der Waals surface area contributed by atoms with Gasteiger partial charge in [-0.25, -0.2) is 4.79 Å². The second-order valence-electron chi connectivity index (χ2n) is 6.84. The number of carbonyl (C=O) groups excluding carboxylic acids is 1. The van der Waals surface area contributed by atoms with Gasteiger partial charge < -0.3 is 25.2 Å². The Hall–Kier alpha value is -3.15. The lowest BCUT2D eigenvalue weighted by molar-refractivity contribution is 0.194. The molecule has 6 nitrogen and oxygen atoms in total. The van der Waals surface area contributed by atoms with Gasteiger partial charge in [0.05, 0.1) is 0 Å². The van der Waals surface area contributed by atoms with Crippen molar-refractivity contribution in [1.82, 2.24) is 15.5 Å². The van der Waals surface area contributed by atoms with Gasteiger partial charge in [0.1, 0.15) is 5.75 Å². The number of amides is 2. The maximum atomic E-state index is 12.4. The van der Waals surface area contributed by atoms with Crippen LogP contribution < -0.4 is 20.3 Å². The van der Waals surface area contributed by atoms with Crippen LogP contribution in [0.3, 0.4) is 0 Å². The Kier molecular flexibility index (Phi) is 6.42. The smallest absolute Gasteiger partial charge is 0.317 e. The number of carbonyl (C=O) groups is 1. The van der Waals surface area contributed by atoms with Crippen LogP contribution in [0.1, 0.15) is 11.1 Å². The molecule has 2 aromatic carbocycles. The third-order valence-corrected chi connectivity index (χ3v) is 4.90. The van der Waals surface area contributed by atoms with E-state index in [1.807, 2.05) is 54.3 Å². The van der Waals surface area contributed by atoms with Crippen molar-refractivity contribution in [1.29, 1.82) is 0 Å². The molecule has 0 bridgehead atoms. The van der Waals surface area contributed by atoms with Gasteiger partial charge in [0.15, 0.2) is 5.88 Å². The monoisotopic (exact) mass is 380 g/mol. The van der Waals surface area contributed by atoms with Crippen molar-refractivity contribution < 1.29 is 9.53 Å². The molecule has 2 N–H and O–H groups in total. The summed E-state index contributed by atoms with van der Waals surface area (Å²) in [5.41, 5.74) is 3.25. The average molecular weight is 380 g/mol. The first-order valence-electron chi connectivity index (χ1n) is 9.53. The molecule has 2 amide bonds. The number of hydrogen-bond donors (Lipinski definition) is 2. The van der Waals surface area contributed by atoms with Gasteiger partial charge in [0, 0.05) is 51.5 Å². The third kappa shape index (κ3) is 4.97. The fourth-order valence-corrected chi connectivity index (χ4v) is 3.13. The zero-order chi connectivity index (χ0) is 19.9. The molecule has 1 aliphatic heterocycles. The molecule has 1 saturated heterocycles. The summed E-state index contributed by atoms with van der Waals surface area (Å²) in [4.78, 5) is 16.6. The predicted octanol–water partition coefficient (Wildman–Crippen LogP) is 3.10. The molecule has 1 fully saturated rings. The van der Waals surface area contributed by atoms with E-state index in [0.717, 1.165) is 35.7 Å².